The van der Waals surface area contributed by atoms with Gasteiger partial charge in [0.15, 0.2) is 5.78 Å². The standard InChI is InChI=1S/C18H22O2/c1-3-4-13-10-16(20)11-14-6-5-12-9-15(19)7-8-17(12)18(13,14)2/h7-9,11,13,19H,3-6,10H2,1-2H3/t13-,18+/m0/s1. The van der Waals surface area contributed by atoms with Gasteiger partial charge in [-0.15, -0.1) is 0 Å². The van der Waals surface area contributed by atoms with Crippen molar-refractivity contribution in [3.63, 3.8) is 0 Å². The van der Waals surface area contributed by atoms with Crippen LogP contribution in [-0.4, -0.2) is 10.9 Å². The summed E-state index contributed by atoms with van der Waals surface area (Å²) in [4.78, 5) is 12.0. The van der Waals surface area contributed by atoms with Gasteiger partial charge < -0.3 is 5.11 Å². The van der Waals surface area contributed by atoms with Gasteiger partial charge in [0.25, 0.3) is 0 Å². The summed E-state index contributed by atoms with van der Waals surface area (Å²) in [5.74, 6) is 1.03. The van der Waals surface area contributed by atoms with E-state index in [1.807, 2.05) is 12.1 Å². The molecule has 0 spiro atoms. The van der Waals surface area contributed by atoms with Gasteiger partial charge in [-0.25, -0.2) is 0 Å². The van der Waals surface area contributed by atoms with Crippen molar-refractivity contribution < 1.29 is 9.90 Å². The number of hydrogen-bond acceptors (Lipinski definition) is 2. The van der Waals surface area contributed by atoms with Crippen LogP contribution in [0.25, 0.3) is 0 Å². The molecule has 0 saturated heterocycles. The number of phenolic OH excluding ortho intramolecular Hbond substituents is 1. The van der Waals surface area contributed by atoms with Crippen LogP contribution in [0.3, 0.4) is 0 Å². The molecule has 0 saturated carbocycles. The van der Waals surface area contributed by atoms with Crippen molar-refractivity contribution in [2.75, 3.05) is 0 Å². The maximum Gasteiger partial charge on any atom is 0.155 e. The maximum atomic E-state index is 12.0. The number of phenols is 1. The monoisotopic (exact) mass is 270 g/mol. The third-order valence-corrected chi connectivity index (χ3v) is 5.22. The van der Waals surface area contributed by atoms with Crippen LogP contribution >= 0.6 is 0 Å². The topological polar surface area (TPSA) is 37.3 Å². The van der Waals surface area contributed by atoms with E-state index in [1.54, 1.807) is 6.07 Å². The molecular weight excluding hydrogens is 248 g/mol. The first-order valence-corrected chi connectivity index (χ1v) is 7.62. The lowest BCUT2D eigenvalue weighted by Crippen LogP contribution is -2.42. The highest BCUT2D eigenvalue weighted by Crippen LogP contribution is 2.51. The lowest BCUT2D eigenvalue weighted by molar-refractivity contribution is -0.116. The molecule has 2 aliphatic carbocycles. The van der Waals surface area contributed by atoms with Crippen LogP contribution in [0.1, 0.15) is 50.7 Å². The molecule has 0 amide bonds. The summed E-state index contributed by atoms with van der Waals surface area (Å²) in [5, 5.41) is 9.71. The van der Waals surface area contributed by atoms with Gasteiger partial charge in [0, 0.05) is 11.8 Å². The molecule has 0 bridgehead atoms. The van der Waals surface area contributed by atoms with E-state index in [4.69, 9.17) is 0 Å². The molecule has 1 aromatic rings. The molecule has 20 heavy (non-hydrogen) atoms. The highest BCUT2D eigenvalue weighted by Gasteiger charge is 2.45. The lowest BCUT2D eigenvalue weighted by atomic mass is 9.57. The number of hydrogen-bond donors (Lipinski definition) is 1. The van der Waals surface area contributed by atoms with Crippen LogP contribution in [0.5, 0.6) is 5.75 Å². The second kappa shape index (κ2) is 4.76. The quantitative estimate of drug-likeness (QED) is 0.884. The van der Waals surface area contributed by atoms with Crippen molar-refractivity contribution in [1.29, 1.82) is 0 Å². The molecule has 2 heteroatoms. The summed E-state index contributed by atoms with van der Waals surface area (Å²) < 4.78 is 0. The van der Waals surface area contributed by atoms with Gasteiger partial charge in [-0.05, 0) is 54.5 Å². The summed E-state index contributed by atoms with van der Waals surface area (Å²) in [5.41, 5.74) is 3.84. The Labute approximate surface area is 120 Å². The van der Waals surface area contributed by atoms with E-state index in [0.717, 1.165) is 25.7 Å². The second-order valence-corrected chi connectivity index (χ2v) is 6.37. The Balaban J connectivity index is 2.16. The highest BCUT2D eigenvalue weighted by atomic mass is 16.3. The van der Waals surface area contributed by atoms with Crippen molar-refractivity contribution in [2.24, 2.45) is 5.92 Å². The number of carbonyl (C=O) groups is 1. The Morgan fingerprint density at radius 1 is 1.35 bits per heavy atom. The second-order valence-electron chi connectivity index (χ2n) is 6.37. The number of fused-ring (bicyclic) bond motifs is 3. The number of aryl methyl sites for hydroxylation is 1. The first-order chi connectivity index (χ1) is 9.55. The minimum absolute atomic E-state index is 0.0226. The molecule has 0 radical (unpaired) electrons. The molecule has 1 aromatic carbocycles. The minimum atomic E-state index is -0.0226. The molecule has 0 aromatic heterocycles. The first kappa shape index (κ1) is 13.4. The fourth-order valence-electron chi connectivity index (χ4n) is 4.14. The number of aromatic hydroxyl groups is 1. The molecular formula is C18H22O2. The zero-order valence-corrected chi connectivity index (χ0v) is 12.3. The Hall–Kier alpha value is -1.57. The number of allylic oxidation sites excluding steroid dienone is 2. The molecule has 1 N–H and O–H groups in total. The first-order valence-electron chi connectivity index (χ1n) is 7.62. The zero-order valence-electron chi connectivity index (χ0n) is 12.3. The van der Waals surface area contributed by atoms with Crippen LogP contribution in [-0.2, 0) is 16.6 Å². The van der Waals surface area contributed by atoms with Crippen LogP contribution in [0, 0.1) is 5.92 Å². The Bertz CT molecular complexity index is 585. The number of carbonyl (C=O) groups excluding carboxylic acids is 1. The molecule has 0 heterocycles. The number of benzene rings is 1. The van der Waals surface area contributed by atoms with Gasteiger partial charge in [-0.3, -0.25) is 4.79 Å². The largest absolute Gasteiger partial charge is 0.508 e. The van der Waals surface area contributed by atoms with Crippen molar-refractivity contribution in [1.82, 2.24) is 0 Å². The maximum absolute atomic E-state index is 12.0. The third kappa shape index (κ3) is 1.90. The molecule has 0 fully saturated rings. The number of rotatable bonds is 2. The van der Waals surface area contributed by atoms with Gasteiger partial charge in [-0.2, -0.15) is 0 Å². The smallest absolute Gasteiger partial charge is 0.155 e. The van der Waals surface area contributed by atoms with E-state index in [2.05, 4.69) is 19.9 Å². The predicted octanol–water partition coefficient (Wildman–Crippen LogP) is 3.91. The van der Waals surface area contributed by atoms with Crippen LogP contribution in [0.4, 0.5) is 0 Å². The SMILES string of the molecule is CCC[C@H]1CC(=O)C=C2CCc3cc(O)ccc3[C@@]21C. The fourth-order valence-corrected chi connectivity index (χ4v) is 4.14. The summed E-state index contributed by atoms with van der Waals surface area (Å²) in [6, 6.07) is 5.75. The van der Waals surface area contributed by atoms with E-state index >= 15 is 0 Å². The van der Waals surface area contributed by atoms with Crippen LogP contribution < -0.4 is 0 Å². The Morgan fingerprint density at radius 2 is 2.15 bits per heavy atom. The predicted molar refractivity (Wildman–Crippen MR) is 79.9 cm³/mol. The summed E-state index contributed by atoms with van der Waals surface area (Å²) >= 11 is 0. The van der Waals surface area contributed by atoms with Crippen molar-refractivity contribution in [3.8, 4) is 5.75 Å². The van der Waals surface area contributed by atoms with E-state index in [0.29, 0.717) is 18.1 Å². The van der Waals surface area contributed by atoms with Gasteiger partial charge in [0.05, 0.1) is 0 Å². The Kier molecular flexibility index (Phi) is 3.19. The molecule has 2 nitrogen and oxygen atoms in total. The van der Waals surface area contributed by atoms with Gasteiger partial charge >= 0.3 is 0 Å². The summed E-state index contributed by atoms with van der Waals surface area (Å²) in [6.45, 7) is 4.48. The lowest BCUT2D eigenvalue weighted by Gasteiger charge is -2.46. The van der Waals surface area contributed by atoms with E-state index in [1.165, 1.54) is 16.7 Å². The molecule has 0 unspecified atom stereocenters. The molecule has 0 aliphatic heterocycles. The van der Waals surface area contributed by atoms with Gasteiger partial charge in [0.2, 0.25) is 0 Å². The average molecular weight is 270 g/mol. The third-order valence-electron chi connectivity index (χ3n) is 5.22. The normalized spacial score (nSPS) is 28.6. The van der Waals surface area contributed by atoms with Crippen LogP contribution in [0.15, 0.2) is 29.8 Å². The molecule has 106 valence electrons. The fraction of sp³-hybridized carbons (Fsp3) is 0.500. The van der Waals surface area contributed by atoms with Crippen LogP contribution in [0.2, 0.25) is 0 Å². The average Bonchev–Trinajstić information content (AvgIpc) is 2.40. The van der Waals surface area contributed by atoms with Crippen molar-refractivity contribution in [2.45, 2.75) is 51.4 Å². The Morgan fingerprint density at radius 3 is 2.90 bits per heavy atom. The molecule has 2 aliphatic rings. The van der Waals surface area contributed by atoms with E-state index in [9.17, 15) is 9.90 Å². The number of ketones is 1. The van der Waals surface area contributed by atoms with Gasteiger partial charge in [-0.1, -0.05) is 31.9 Å². The summed E-state index contributed by atoms with van der Waals surface area (Å²) in [7, 11) is 0. The van der Waals surface area contributed by atoms with E-state index < -0.39 is 0 Å². The van der Waals surface area contributed by atoms with E-state index in [-0.39, 0.29) is 11.2 Å². The van der Waals surface area contributed by atoms with Crippen molar-refractivity contribution >= 4 is 5.78 Å². The minimum Gasteiger partial charge on any atom is -0.508 e. The summed E-state index contributed by atoms with van der Waals surface area (Å²) in [6.07, 6.45) is 6.61. The zero-order chi connectivity index (χ0) is 14.3. The molecule has 2 atom stereocenters. The molecule has 3 rings (SSSR count). The highest BCUT2D eigenvalue weighted by molar-refractivity contribution is 5.92. The van der Waals surface area contributed by atoms with Gasteiger partial charge in [0.1, 0.15) is 5.75 Å². The van der Waals surface area contributed by atoms with Crippen molar-refractivity contribution in [3.05, 3.63) is 41.0 Å².